The summed E-state index contributed by atoms with van der Waals surface area (Å²) < 4.78 is 16.5. The summed E-state index contributed by atoms with van der Waals surface area (Å²) in [5, 5.41) is 3.50. The first kappa shape index (κ1) is 23.7. The Bertz CT molecular complexity index is 677. The van der Waals surface area contributed by atoms with E-state index in [1.807, 2.05) is 6.07 Å². The Morgan fingerprint density at radius 2 is 1.97 bits per heavy atom. The molecule has 0 bridgehead atoms. The van der Waals surface area contributed by atoms with E-state index in [9.17, 15) is 0 Å². The lowest BCUT2D eigenvalue weighted by molar-refractivity contribution is 0.00990. The Balaban J connectivity index is 1.46. The number of likely N-dealkylation sites (tertiary alicyclic amines) is 1. The minimum atomic E-state index is 0.363. The van der Waals surface area contributed by atoms with Crippen molar-refractivity contribution in [2.75, 3.05) is 71.6 Å². The highest BCUT2D eigenvalue weighted by Crippen LogP contribution is 2.27. The summed E-state index contributed by atoms with van der Waals surface area (Å²) in [6.45, 7) is 9.60. The molecule has 1 atom stereocenters. The van der Waals surface area contributed by atoms with E-state index in [1.165, 1.54) is 12.1 Å². The van der Waals surface area contributed by atoms with Gasteiger partial charge in [-0.15, -0.1) is 0 Å². The maximum Gasteiger partial charge on any atom is 0.193 e. The quantitative estimate of drug-likeness (QED) is 0.348. The Labute approximate surface area is 187 Å². The number of piperidine rings is 1. The molecule has 0 amide bonds. The number of guanidine groups is 1. The number of hydrogen-bond acceptors (Lipinski definition) is 5. The number of anilines is 1. The van der Waals surface area contributed by atoms with E-state index >= 15 is 0 Å². The van der Waals surface area contributed by atoms with Gasteiger partial charge >= 0.3 is 0 Å². The maximum atomic E-state index is 6.00. The third-order valence-electron chi connectivity index (χ3n) is 6.13. The number of benzene rings is 1. The molecule has 3 rings (SSSR count). The van der Waals surface area contributed by atoms with Gasteiger partial charge in [-0.25, -0.2) is 0 Å². The van der Waals surface area contributed by atoms with Gasteiger partial charge in [0.15, 0.2) is 5.96 Å². The number of nitrogens with zero attached hydrogens (tertiary/aromatic N) is 3. The van der Waals surface area contributed by atoms with Crippen LogP contribution in [0.5, 0.6) is 5.75 Å². The average molecular weight is 433 g/mol. The third-order valence-corrected chi connectivity index (χ3v) is 6.13. The fourth-order valence-corrected chi connectivity index (χ4v) is 4.35. The van der Waals surface area contributed by atoms with Gasteiger partial charge in [0.1, 0.15) is 5.75 Å². The van der Waals surface area contributed by atoms with Gasteiger partial charge in [0.05, 0.1) is 13.2 Å². The number of aliphatic imine (C=N–C) groups is 1. The minimum Gasteiger partial charge on any atom is -0.497 e. The average Bonchev–Trinajstić information content (AvgIpc) is 3.29. The van der Waals surface area contributed by atoms with Crippen molar-refractivity contribution in [3.63, 3.8) is 0 Å². The van der Waals surface area contributed by atoms with Crippen LogP contribution in [0.1, 0.15) is 32.6 Å². The zero-order valence-electron chi connectivity index (χ0n) is 19.5. The van der Waals surface area contributed by atoms with Crippen LogP contribution < -0.4 is 15.0 Å². The highest BCUT2D eigenvalue weighted by atomic mass is 16.5. The number of nitrogens with one attached hydrogen (secondary N) is 1. The molecule has 2 saturated heterocycles. The second-order valence-electron chi connectivity index (χ2n) is 8.40. The zero-order chi connectivity index (χ0) is 21.9. The Hall–Kier alpha value is -1.99. The van der Waals surface area contributed by atoms with E-state index in [-0.39, 0.29) is 0 Å². The topological polar surface area (TPSA) is 58.6 Å². The second kappa shape index (κ2) is 12.8. The number of hydrogen-bond donors (Lipinski definition) is 1. The number of rotatable bonds is 10. The molecular weight excluding hydrogens is 392 g/mol. The zero-order valence-corrected chi connectivity index (χ0v) is 19.5. The molecule has 2 heterocycles. The first-order valence-corrected chi connectivity index (χ1v) is 11.8. The lowest BCUT2D eigenvalue weighted by atomic mass is 10.1. The summed E-state index contributed by atoms with van der Waals surface area (Å²) >= 11 is 0. The first-order valence-electron chi connectivity index (χ1n) is 11.8. The van der Waals surface area contributed by atoms with Crippen molar-refractivity contribution in [3.8, 4) is 5.75 Å². The monoisotopic (exact) mass is 432 g/mol. The first-order chi connectivity index (χ1) is 15.2. The van der Waals surface area contributed by atoms with Crippen molar-refractivity contribution in [2.45, 2.75) is 38.7 Å². The lowest BCUT2D eigenvalue weighted by Gasteiger charge is -2.34. The van der Waals surface area contributed by atoms with Crippen LogP contribution in [0, 0.1) is 5.92 Å². The van der Waals surface area contributed by atoms with Crippen LogP contribution in [-0.4, -0.2) is 83.7 Å². The van der Waals surface area contributed by atoms with Crippen molar-refractivity contribution < 1.29 is 14.2 Å². The highest BCUT2D eigenvalue weighted by molar-refractivity contribution is 5.80. The van der Waals surface area contributed by atoms with Crippen LogP contribution >= 0.6 is 0 Å². The molecule has 2 aliphatic heterocycles. The molecule has 2 aliphatic rings. The fourth-order valence-electron chi connectivity index (χ4n) is 4.35. The van der Waals surface area contributed by atoms with Crippen molar-refractivity contribution in [2.24, 2.45) is 10.9 Å². The van der Waals surface area contributed by atoms with Gasteiger partial charge in [-0.05, 0) is 50.7 Å². The van der Waals surface area contributed by atoms with Crippen molar-refractivity contribution >= 4 is 11.6 Å². The van der Waals surface area contributed by atoms with Crippen molar-refractivity contribution in [1.29, 1.82) is 0 Å². The smallest absolute Gasteiger partial charge is 0.193 e. The van der Waals surface area contributed by atoms with Crippen LogP contribution in [0.15, 0.2) is 29.3 Å². The molecule has 31 heavy (non-hydrogen) atoms. The van der Waals surface area contributed by atoms with Gasteiger partial charge in [0.25, 0.3) is 0 Å². The van der Waals surface area contributed by atoms with Gasteiger partial charge in [-0.3, -0.25) is 4.99 Å². The summed E-state index contributed by atoms with van der Waals surface area (Å²) in [5.74, 6) is 2.56. The van der Waals surface area contributed by atoms with E-state index in [0.29, 0.717) is 12.0 Å². The van der Waals surface area contributed by atoms with Crippen LogP contribution in [0.25, 0.3) is 0 Å². The lowest BCUT2D eigenvalue weighted by Crippen LogP contribution is -2.47. The van der Waals surface area contributed by atoms with E-state index in [4.69, 9.17) is 19.2 Å². The summed E-state index contributed by atoms with van der Waals surface area (Å²) in [5.41, 5.74) is 1.24. The molecule has 174 valence electrons. The van der Waals surface area contributed by atoms with E-state index < -0.39 is 0 Å². The molecule has 2 fully saturated rings. The van der Waals surface area contributed by atoms with Crippen LogP contribution in [-0.2, 0) is 9.47 Å². The molecule has 1 aromatic rings. The molecular formula is C24H40N4O3. The third kappa shape index (κ3) is 7.28. The largest absolute Gasteiger partial charge is 0.497 e. The SMILES string of the molecule is CCNC(=NCC1CCN(c2cccc(OC)c2)C1)N1CCC(OCCCOC)CC1. The molecule has 1 unspecified atom stereocenters. The molecule has 7 heteroatoms. The van der Waals surface area contributed by atoms with E-state index in [2.05, 4.69) is 40.2 Å². The van der Waals surface area contributed by atoms with Crippen molar-refractivity contribution in [3.05, 3.63) is 24.3 Å². The fraction of sp³-hybridized carbons (Fsp3) is 0.708. The summed E-state index contributed by atoms with van der Waals surface area (Å²) in [6.07, 6.45) is 4.63. The molecule has 0 aliphatic carbocycles. The molecule has 1 aromatic carbocycles. The van der Waals surface area contributed by atoms with Gasteiger partial charge in [-0.2, -0.15) is 0 Å². The van der Waals surface area contributed by atoms with Crippen LogP contribution in [0.4, 0.5) is 5.69 Å². The molecule has 7 nitrogen and oxygen atoms in total. The molecule has 0 radical (unpaired) electrons. The predicted octanol–water partition coefficient (Wildman–Crippen LogP) is 3.00. The van der Waals surface area contributed by atoms with E-state index in [0.717, 1.165) is 83.5 Å². The Kier molecular flexibility index (Phi) is 9.75. The minimum absolute atomic E-state index is 0.363. The Morgan fingerprint density at radius 1 is 1.13 bits per heavy atom. The van der Waals surface area contributed by atoms with Gasteiger partial charge in [-0.1, -0.05) is 6.07 Å². The van der Waals surface area contributed by atoms with Crippen LogP contribution in [0.3, 0.4) is 0 Å². The predicted molar refractivity (Wildman–Crippen MR) is 126 cm³/mol. The number of methoxy groups -OCH3 is 2. The highest BCUT2D eigenvalue weighted by Gasteiger charge is 2.25. The van der Waals surface area contributed by atoms with Crippen LogP contribution in [0.2, 0.25) is 0 Å². The van der Waals surface area contributed by atoms with Gasteiger partial charge in [0, 0.05) is 71.3 Å². The normalized spacial score (nSPS) is 20.4. The molecule has 0 saturated carbocycles. The summed E-state index contributed by atoms with van der Waals surface area (Å²) in [6, 6.07) is 8.35. The molecule has 1 N–H and O–H groups in total. The summed E-state index contributed by atoms with van der Waals surface area (Å²) in [7, 11) is 3.46. The molecule has 0 aromatic heterocycles. The Morgan fingerprint density at radius 3 is 2.71 bits per heavy atom. The summed E-state index contributed by atoms with van der Waals surface area (Å²) in [4.78, 5) is 9.86. The standard InChI is InChI=1S/C24H40N4O3/c1-4-25-24(27-13-10-22(11-14-27)31-16-6-15-29-2)26-18-20-9-12-28(19-20)21-7-5-8-23(17-21)30-3/h5,7-8,17,20,22H,4,6,9-16,18-19H2,1-3H3,(H,25,26). The van der Waals surface area contributed by atoms with E-state index in [1.54, 1.807) is 14.2 Å². The van der Waals surface area contributed by atoms with Gasteiger partial charge in [0.2, 0.25) is 0 Å². The second-order valence-corrected chi connectivity index (χ2v) is 8.40. The maximum absolute atomic E-state index is 6.00. The van der Waals surface area contributed by atoms with Gasteiger partial charge < -0.3 is 29.3 Å². The number of ether oxygens (including phenoxy) is 3. The molecule has 0 spiro atoms. The van der Waals surface area contributed by atoms with Crippen molar-refractivity contribution in [1.82, 2.24) is 10.2 Å².